The Balaban J connectivity index is 2.16. The molecule has 0 aliphatic heterocycles. The Morgan fingerprint density at radius 1 is 1.19 bits per heavy atom. The predicted octanol–water partition coefficient (Wildman–Crippen LogP) is 4.98. The second-order valence-electron chi connectivity index (χ2n) is 6.82. The molecule has 118 valence electrons. The van der Waals surface area contributed by atoms with Gasteiger partial charge in [0.2, 0.25) is 0 Å². The predicted molar refractivity (Wildman–Crippen MR) is 88.8 cm³/mol. The van der Waals surface area contributed by atoms with Crippen LogP contribution in [0.3, 0.4) is 0 Å². The number of methoxy groups -OCH3 is 2. The van der Waals surface area contributed by atoms with Crippen LogP contribution >= 0.6 is 11.6 Å². The van der Waals surface area contributed by atoms with Gasteiger partial charge in [-0.05, 0) is 30.6 Å². The number of rotatable bonds is 4. The molecule has 1 aromatic carbocycles. The maximum absolute atomic E-state index is 6.36. The molecular formula is C17H26ClNO2. The molecule has 1 aliphatic rings. The van der Waals surface area contributed by atoms with Crippen molar-refractivity contribution in [1.82, 2.24) is 0 Å². The molecule has 0 bridgehead atoms. The molecule has 2 unspecified atom stereocenters. The van der Waals surface area contributed by atoms with Crippen LogP contribution in [0.4, 0.5) is 5.69 Å². The van der Waals surface area contributed by atoms with Crippen LogP contribution in [0.5, 0.6) is 11.5 Å². The smallest absolute Gasteiger partial charge is 0.162 e. The first-order valence-electron chi connectivity index (χ1n) is 7.54. The molecule has 1 fully saturated rings. The zero-order valence-electron chi connectivity index (χ0n) is 13.6. The van der Waals surface area contributed by atoms with Crippen LogP contribution in [0, 0.1) is 11.3 Å². The van der Waals surface area contributed by atoms with Crippen LogP contribution in [-0.4, -0.2) is 20.3 Å². The molecule has 0 amide bonds. The highest BCUT2D eigenvalue weighted by molar-refractivity contribution is 6.33. The van der Waals surface area contributed by atoms with E-state index >= 15 is 0 Å². The molecule has 3 nitrogen and oxygen atoms in total. The first-order chi connectivity index (χ1) is 9.86. The zero-order valence-corrected chi connectivity index (χ0v) is 14.4. The number of ether oxygens (including phenoxy) is 2. The number of anilines is 1. The third kappa shape index (κ3) is 3.76. The summed E-state index contributed by atoms with van der Waals surface area (Å²) in [6.07, 6.45) is 3.63. The van der Waals surface area contributed by atoms with Crippen LogP contribution in [0.2, 0.25) is 5.02 Å². The van der Waals surface area contributed by atoms with Gasteiger partial charge in [-0.25, -0.2) is 0 Å². The van der Waals surface area contributed by atoms with Crippen molar-refractivity contribution < 1.29 is 9.47 Å². The molecule has 1 aromatic rings. The lowest BCUT2D eigenvalue weighted by molar-refractivity contribution is 0.177. The van der Waals surface area contributed by atoms with Crippen molar-refractivity contribution in [2.45, 2.75) is 46.1 Å². The van der Waals surface area contributed by atoms with E-state index in [-0.39, 0.29) is 0 Å². The highest BCUT2D eigenvalue weighted by Gasteiger charge is 2.32. The second kappa shape index (κ2) is 6.35. The molecule has 2 atom stereocenters. The molecule has 0 saturated heterocycles. The van der Waals surface area contributed by atoms with Crippen LogP contribution in [0.15, 0.2) is 12.1 Å². The quantitative estimate of drug-likeness (QED) is 0.850. The molecule has 0 heterocycles. The summed E-state index contributed by atoms with van der Waals surface area (Å²) < 4.78 is 10.6. The standard InChI is InChI=1S/C17H26ClNO2/c1-11-10-17(2,3)7-6-13(11)19-14-9-16(21-5)15(20-4)8-12(14)18/h8-9,11,13,19H,6-7,10H2,1-5H3. The van der Waals surface area contributed by atoms with E-state index in [9.17, 15) is 0 Å². The third-order valence-electron chi connectivity index (χ3n) is 4.51. The summed E-state index contributed by atoms with van der Waals surface area (Å²) in [5.41, 5.74) is 1.37. The van der Waals surface area contributed by atoms with Crippen molar-refractivity contribution in [3.8, 4) is 11.5 Å². The molecule has 0 spiro atoms. The summed E-state index contributed by atoms with van der Waals surface area (Å²) in [6, 6.07) is 4.18. The Bertz CT molecular complexity index is 502. The van der Waals surface area contributed by atoms with Crippen molar-refractivity contribution in [3.05, 3.63) is 17.2 Å². The van der Waals surface area contributed by atoms with E-state index in [1.807, 2.05) is 6.07 Å². The van der Waals surface area contributed by atoms with Gasteiger partial charge in [0.05, 0.1) is 24.9 Å². The Hall–Kier alpha value is -1.09. The zero-order chi connectivity index (χ0) is 15.6. The van der Waals surface area contributed by atoms with Gasteiger partial charge in [0.1, 0.15) is 0 Å². The second-order valence-corrected chi connectivity index (χ2v) is 7.23. The van der Waals surface area contributed by atoms with E-state index in [2.05, 4.69) is 26.1 Å². The number of benzene rings is 1. The largest absolute Gasteiger partial charge is 0.493 e. The van der Waals surface area contributed by atoms with Gasteiger partial charge in [0, 0.05) is 18.2 Å². The average molecular weight is 312 g/mol. The molecule has 0 radical (unpaired) electrons. The monoisotopic (exact) mass is 311 g/mol. The van der Waals surface area contributed by atoms with Gasteiger partial charge < -0.3 is 14.8 Å². The summed E-state index contributed by atoms with van der Waals surface area (Å²) >= 11 is 6.36. The summed E-state index contributed by atoms with van der Waals surface area (Å²) in [4.78, 5) is 0. The van der Waals surface area contributed by atoms with E-state index < -0.39 is 0 Å². The van der Waals surface area contributed by atoms with E-state index in [0.29, 0.717) is 33.9 Å². The molecule has 2 rings (SSSR count). The Kier molecular flexibility index (Phi) is 4.92. The van der Waals surface area contributed by atoms with Gasteiger partial charge in [-0.15, -0.1) is 0 Å². The first kappa shape index (κ1) is 16.3. The van der Waals surface area contributed by atoms with Crippen molar-refractivity contribution in [1.29, 1.82) is 0 Å². The van der Waals surface area contributed by atoms with Gasteiger partial charge >= 0.3 is 0 Å². The number of hydrogen-bond acceptors (Lipinski definition) is 3. The highest BCUT2D eigenvalue weighted by atomic mass is 35.5. The van der Waals surface area contributed by atoms with E-state index in [0.717, 1.165) is 5.69 Å². The average Bonchev–Trinajstić information content (AvgIpc) is 2.42. The molecular weight excluding hydrogens is 286 g/mol. The van der Waals surface area contributed by atoms with Gasteiger partial charge in [-0.3, -0.25) is 0 Å². The highest BCUT2D eigenvalue weighted by Crippen LogP contribution is 2.41. The van der Waals surface area contributed by atoms with Crippen LogP contribution in [-0.2, 0) is 0 Å². The summed E-state index contributed by atoms with van der Waals surface area (Å²) in [5, 5.41) is 4.27. The molecule has 21 heavy (non-hydrogen) atoms. The van der Waals surface area contributed by atoms with E-state index in [4.69, 9.17) is 21.1 Å². The van der Waals surface area contributed by atoms with Gasteiger partial charge in [-0.2, -0.15) is 0 Å². The molecule has 4 heteroatoms. The lowest BCUT2D eigenvalue weighted by atomic mass is 9.70. The topological polar surface area (TPSA) is 30.5 Å². The lowest BCUT2D eigenvalue weighted by Gasteiger charge is -2.40. The number of nitrogens with one attached hydrogen (secondary N) is 1. The van der Waals surface area contributed by atoms with E-state index in [1.54, 1.807) is 20.3 Å². The summed E-state index contributed by atoms with van der Waals surface area (Å²) in [6.45, 7) is 7.01. The SMILES string of the molecule is COc1cc(Cl)c(NC2CCC(C)(C)CC2C)cc1OC. The van der Waals surface area contributed by atoms with E-state index in [1.165, 1.54) is 19.3 Å². The Labute approximate surface area is 133 Å². The fourth-order valence-electron chi connectivity index (χ4n) is 3.33. The molecule has 1 N–H and O–H groups in total. The maximum Gasteiger partial charge on any atom is 0.162 e. The van der Waals surface area contributed by atoms with Gasteiger partial charge in [0.25, 0.3) is 0 Å². The van der Waals surface area contributed by atoms with Gasteiger partial charge in [0.15, 0.2) is 11.5 Å². The minimum absolute atomic E-state index is 0.443. The van der Waals surface area contributed by atoms with Crippen LogP contribution < -0.4 is 14.8 Å². The van der Waals surface area contributed by atoms with Crippen molar-refractivity contribution in [2.75, 3.05) is 19.5 Å². The maximum atomic E-state index is 6.36. The fraction of sp³-hybridized carbons (Fsp3) is 0.647. The molecule has 1 saturated carbocycles. The number of halogens is 1. The number of hydrogen-bond donors (Lipinski definition) is 1. The fourth-order valence-corrected chi connectivity index (χ4v) is 3.53. The minimum Gasteiger partial charge on any atom is -0.493 e. The van der Waals surface area contributed by atoms with Crippen LogP contribution in [0.25, 0.3) is 0 Å². The Morgan fingerprint density at radius 2 is 1.81 bits per heavy atom. The minimum atomic E-state index is 0.443. The molecule has 1 aliphatic carbocycles. The molecule has 0 aromatic heterocycles. The summed E-state index contributed by atoms with van der Waals surface area (Å²) in [7, 11) is 3.26. The lowest BCUT2D eigenvalue weighted by Crippen LogP contribution is -2.36. The van der Waals surface area contributed by atoms with Crippen molar-refractivity contribution >= 4 is 17.3 Å². The van der Waals surface area contributed by atoms with Gasteiger partial charge in [-0.1, -0.05) is 32.4 Å². The van der Waals surface area contributed by atoms with Crippen molar-refractivity contribution in [3.63, 3.8) is 0 Å². The van der Waals surface area contributed by atoms with Crippen LogP contribution in [0.1, 0.15) is 40.0 Å². The normalized spacial score (nSPS) is 24.5. The Morgan fingerprint density at radius 3 is 2.38 bits per heavy atom. The van der Waals surface area contributed by atoms with Crippen molar-refractivity contribution in [2.24, 2.45) is 11.3 Å². The first-order valence-corrected chi connectivity index (χ1v) is 7.92. The summed E-state index contributed by atoms with van der Waals surface area (Å²) in [5.74, 6) is 1.98. The third-order valence-corrected chi connectivity index (χ3v) is 4.82.